The molecule has 0 saturated carbocycles. The summed E-state index contributed by atoms with van der Waals surface area (Å²) in [5.41, 5.74) is 0. The molecule has 3 aromatic rings. The Kier molecular flexibility index (Phi) is 5.42. The van der Waals surface area contributed by atoms with Crippen LogP contribution in [0.15, 0.2) is 40.2 Å². The van der Waals surface area contributed by atoms with Gasteiger partial charge in [0.1, 0.15) is 6.33 Å². The van der Waals surface area contributed by atoms with E-state index in [4.69, 9.17) is 4.42 Å². The molecule has 1 atom stereocenters. The largest absolute Gasteiger partial charge is 0.407 e. The molecule has 8 nitrogen and oxygen atoms in total. The third kappa shape index (κ3) is 4.10. The lowest BCUT2D eigenvalue weighted by Crippen LogP contribution is -2.13. The van der Waals surface area contributed by atoms with Crippen LogP contribution in [0.2, 0.25) is 0 Å². The highest BCUT2D eigenvalue weighted by Gasteiger charge is 2.16. The zero-order valence-electron chi connectivity index (χ0n) is 13.6. The van der Waals surface area contributed by atoms with Crippen LogP contribution in [0.4, 0.5) is 6.01 Å². The van der Waals surface area contributed by atoms with E-state index in [1.165, 1.54) is 0 Å². The van der Waals surface area contributed by atoms with Gasteiger partial charge in [-0.05, 0) is 25.5 Å². The van der Waals surface area contributed by atoms with Gasteiger partial charge in [-0.25, -0.2) is 0 Å². The Morgan fingerprint density at radius 2 is 2.08 bits per heavy atom. The predicted octanol–water partition coefficient (Wildman–Crippen LogP) is 2.93. The van der Waals surface area contributed by atoms with Crippen LogP contribution in [0.5, 0.6) is 0 Å². The minimum Gasteiger partial charge on any atom is -0.407 e. The number of anilines is 1. The molecule has 3 aromatic heterocycles. The first-order chi connectivity index (χ1) is 11.8. The lowest BCUT2D eigenvalue weighted by Gasteiger charge is -2.12. The first kappa shape index (κ1) is 16.4. The van der Waals surface area contributed by atoms with Crippen molar-refractivity contribution >= 4 is 17.8 Å². The van der Waals surface area contributed by atoms with Gasteiger partial charge in [0.2, 0.25) is 5.89 Å². The van der Waals surface area contributed by atoms with Crippen LogP contribution in [0, 0.1) is 0 Å². The zero-order chi connectivity index (χ0) is 16.8. The number of nitrogens with zero attached hydrogens (tertiary/aromatic N) is 6. The van der Waals surface area contributed by atoms with E-state index >= 15 is 0 Å². The molecule has 0 aliphatic rings. The SMILES string of the molecule is CCCn1cnnc1C(C)Nc1nnc(CSc2ccncc2)o1. The molecule has 3 heterocycles. The second kappa shape index (κ2) is 7.91. The van der Waals surface area contributed by atoms with E-state index < -0.39 is 0 Å². The molecule has 0 amide bonds. The van der Waals surface area contributed by atoms with E-state index in [0.29, 0.717) is 17.7 Å². The highest BCUT2D eigenvalue weighted by molar-refractivity contribution is 7.98. The van der Waals surface area contributed by atoms with Crippen LogP contribution in [-0.2, 0) is 12.3 Å². The molecule has 3 rings (SSSR count). The zero-order valence-corrected chi connectivity index (χ0v) is 14.4. The summed E-state index contributed by atoms with van der Waals surface area (Å²) in [6, 6.07) is 4.21. The van der Waals surface area contributed by atoms with Crippen molar-refractivity contribution in [1.29, 1.82) is 0 Å². The second-order valence-electron chi connectivity index (χ2n) is 5.22. The monoisotopic (exact) mass is 345 g/mol. The van der Waals surface area contributed by atoms with Crippen LogP contribution in [-0.4, -0.2) is 29.9 Å². The van der Waals surface area contributed by atoms with Crippen LogP contribution < -0.4 is 5.32 Å². The molecule has 0 radical (unpaired) electrons. The lowest BCUT2D eigenvalue weighted by atomic mass is 10.3. The molecule has 0 aliphatic carbocycles. The van der Waals surface area contributed by atoms with E-state index in [2.05, 4.69) is 37.6 Å². The highest BCUT2D eigenvalue weighted by atomic mass is 32.2. The molecule has 0 spiro atoms. The van der Waals surface area contributed by atoms with Gasteiger partial charge in [0.25, 0.3) is 0 Å². The average molecular weight is 345 g/mol. The average Bonchev–Trinajstić information content (AvgIpc) is 3.24. The smallest absolute Gasteiger partial charge is 0.316 e. The van der Waals surface area contributed by atoms with Gasteiger partial charge >= 0.3 is 6.01 Å². The fourth-order valence-electron chi connectivity index (χ4n) is 2.21. The number of aryl methyl sites for hydroxylation is 1. The van der Waals surface area contributed by atoms with Gasteiger partial charge in [-0.15, -0.1) is 27.1 Å². The number of thioether (sulfide) groups is 1. The quantitative estimate of drug-likeness (QED) is 0.623. The molecule has 0 bridgehead atoms. The molecule has 1 N–H and O–H groups in total. The minimum absolute atomic E-state index is 0.0693. The van der Waals surface area contributed by atoms with E-state index in [9.17, 15) is 0 Å². The topological polar surface area (TPSA) is 94.6 Å². The molecular formula is C15H19N7OS. The summed E-state index contributed by atoms with van der Waals surface area (Å²) in [5, 5.41) is 19.4. The Balaban J connectivity index is 1.58. The second-order valence-corrected chi connectivity index (χ2v) is 6.27. The summed E-state index contributed by atoms with van der Waals surface area (Å²) in [6.45, 7) is 4.99. The maximum absolute atomic E-state index is 5.65. The number of nitrogens with one attached hydrogen (secondary N) is 1. The van der Waals surface area contributed by atoms with Gasteiger partial charge in [0.15, 0.2) is 5.82 Å². The molecule has 0 saturated heterocycles. The van der Waals surface area contributed by atoms with Crippen molar-refractivity contribution in [3.63, 3.8) is 0 Å². The molecule has 1 unspecified atom stereocenters. The summed E-state index contributed by atoms with van der Waals surface area (Å²) in [5.74, 6) is 2.03. The van der Waals surface area contributed by atoms with Crippen molar-refractivity contribution in [3.8, 4) is 0 Å². The Morgan fingerprint density at radius 3 is 2.88 bits per heavy atom. The van der Waals surface area contributed by atoms with Gasteiger partial charge in [-0.3, -0.25) is 4.98 Å². The van der Waals surface area contributed by atoms with Crippen LogP contribution >= 0.6 is 11.8 Å². The van der Waals surface area contributed by atoms with Crippen molar-refractivity contribution in [1.82, 2.24) is 29.9 Å². The third-order valence-corrected chi connectivity index (χ3v) is 4.31. The van der Waals surface area contributed by atoms with E-state index in [-0.39, 0.29) is 6.04 Å². The van der Waals surface area contributed by atoms with Gasteiger partial charge in [-0.1, -0.05) is 12.0 Å². The number of hydrogen-bond acceptors (Lipinski definition) is 8. The minimum atomic E-state index is -0.0693. The standard InChI is InChI=1S/C15H19N7OS/c1-3-8-22-10-17-20-14(22)11(2)18-15-21-19-13(23-15)9-24-12-4-6-16-7-5-12/h4-7,10-11H,3,8-9H2,1-2H3,(H,18,21). The Hall–Kier alpha value is -2.42. The number of pyridine rings is 1. The van der Waals surface area contributed by atoms with Gasteiger partial charge in [0, 0.05) is 23.8 Å². The van der Waals surface area contributed by atoms with E-state index in [1.807, 2.05) is 23.6 Å². The van der Waals surface area contributed by atoms with Crippen LogP contribution in [0.25, 0.3) is 0 Å². The molecule has 126 valence electrons. The maximum Gasteiger partial charge on any atom is 0.316 e. The first-order valence-corrected chi connectivity index (χ1v) is 8.74. The Bertz CT molecular complexity index is 758. The number of hydrogen-bond donors (Lipinski definition) is 1. The highest BCUT2D eigenvalue weighted by Crippen LogP contribution is 2.23. The van der Waals surface area contributed by atoms with Crippen molar-refractivity contribution in [2.75, 3.05) is 5.32 Å². The molecule has 0 aromatic carbocycles. The Labute approximate surface area is 144 Å². The van der Waals surface area contributed by atoms with Crippen molar-refractivity contribution in [2.24, 2.45) is 0 Å². The lowest BCUT2D eigenvalue weighted by molar-refractivity contribution is 0.516. The van der Waals surface area contributed by atoms with Crippen molar-refractivity contribution < 1.29 is 4.42 Å². The summed E-state index contributed by atoms with van der Waals surface area (Å²) in [4.78, 5) is 5.10. The summed E-state index contributed by atoms with van der Waals surface area (Å²) in [6.07, 6.45) is 6.28. The maximum atomic E-state index is 5.65. The molecular weight excluding hydrogens is 326 g/mol. The predicted molar refractivity (Wildman–Crippen MR) is 90.4 cm³/mol. The first-order valence-electron chi connectivity index (χ1n) is 7.75. The molecule has 0 aliphatic heterocycles. The number of aromatic nitrogens is 6. The van der Waals surface area contributed by atoms with Crippen molar-refractivity contribution in [3.05, 3.63) is 42.6 Å². The Morgan fingerprint density at radius 1 is 1.25 bits per heavy atom. The molecule has 24 heavy (non-hydrogen) atoms. The number of rotatable bonds is 8. The summed E-state index contributed by atoms with van der Waals surface area (Å²) in [7, 11) is 0. The summed E-state index contributed by atoms with van der Waals surface area (Å²) < 4.78 is 7.67. The van der Waals surface area contributed by atoms with E-state index in [1.54, 1.807) is 30.5 Å². The van der Waals surface area contributed by atoms with Crippen LogP contribution in [0.1, 0.15) is 38.0 Å². The van der Waals surface area contributed by atoms with Crippen LogP contribution in [0.3, 0.4) is 0 Å². The fourth-order valence-corrected chi connectivity index (χ4v) is 2.93. The molecule has 9 heteroatoms. The van der Waals surface area contributed by atoms with E-state index in [0.717, 1.165) is 23.7 Å². The van der Waals surface area contributed by atoms with Gasteiger partial charge in [0.05, 0.1) is 11.8 Å². The fraction of sp³-hybridized carbons (Fsp3) is 0.400. The molecule has 0 fully saturated rings. The normalized spacial score (nSPS) is 12.2. The van der Waals surface area contributed by atoms with Crippen molar-refractivity contribution in [2.45, 2.75) is 43.5 Å². The third-order valence-electron chi connectivity index (χ3n) is 3.32. The van der Waals surface area contributed by atoms with Gasteiger partial charge in [-0.2, -0.15) is 0 Å². The summed E-state index contributed by atoms with van der Waals surface area (Å²) >= 11 is 1.62. The van der Waals surface area contributed by atoms with Gasteiger partial charge < -0.3 is 14.3 Å².